The fourth-order valence-corrected chi connectivity index (χ4v) is 2.33. The molecule has 20 heavy (non-hydrogen) atoms. The third-order valence-corrected chi connectivity index (χ3v) is 3.42. The number of hydrogen-bond acceptors (Lipinski definition) is 2. The number of aromatic nitrogens is 1. The summed E-state index contributed by atoms with van der Waals surface area (Å²) in [5, 5.41) is 12.6. The minimum Gasteiger partial charge on any atom is -0.478 e. The maximum atomic E-state index is 12.1. The van der Waals surface area contributed by atoms with E-state index in [1.54, 1.807) is 16.7 Å². The van der Waals surface area contributed by atoms with Gasteiger partial charge in [0.25, 0.3) is 5.91 Å². The number of hydrogen-bond donors (Lipinski definition) is 2. The van der Waals surface area contributed by atoms with E-state index in [4.69, 9.17) is 5.11 Å². The van der Waals surface area contributed by atoms with E-state index in [0.717, 1.165) is 5.39 Å². The van der Waals surface area contributed by atoms with Crippen molar-refractivity contribution >= 4 is 28.5 Å². The summed E-state index contributed by atoms with van der Waals surface area (Å²) in [5.74, 6) is -1.23. The first-order chi connectivity index (χ1) is 9.49. The Labute approximate surface area is 114 Å². The molecule has 0 saturated heterocycles. The van der Waals surface area contributed by atoms with Gasteiger partial charge in [-0.2, -0.15) is 0 Å². The van der Waals surface area contributed by atoms with Gasteiger partial charge in [0.05, 0.1) is 11.1 Å². The first-order valence-electron chi connectivity index (χ1n) is 6.03. The summed E-state index contributed by atoms with van der Waals surface area (Å²) in [4.78, 5) is 23.1. The van der Waals surface area contributed by atoms with Crippen molar-refractivity contribution in [3.8, 4) is 0 Å². The minimum absolute atomic E-state index is 0.168. The maximum Gasteiger partial charge on any atom is 0.335 e. The standard InChI is InChI=1S/C15H12N2O3/c1-8-7-16-14(18)13-5-10-3-4-11(15(19)20)6-12(10)17(13)9(8)2/h3-6H,1-2,7H2,(H,16,18)(H,19,20). The number of carbonyl (C=O) groups excluding carboxylic acids is 1. The number of nitrogens with one attached hydrogen (secondary N) is 1. The number of rotatable bonds is 1. The number of fused-ring (bicyclic) bond motifs is 3. The molecule has 0 spiro atoms. The van der Waals surface area contributed by atoms with Crippen LogP contribution < -0.4 is 5.32 Å². The molecule has 1 amide bonds. The summed E-state index contributed by atoms with van der Waals surface area (Å²) in [6, 6.07) is 6.46. The summed E-state index contributed by atoms with van der Waals surface area (Å²) in [6.45, 7) is 8.17. The maximum absolute atomic E-state index is 12.1. The van der Waals surface area contributed by atoms with Gasteiger partial charge >= 0.3 is 5.97 Å². The van der Waals surface area contributed by atoms with Crippen LogP contribution in [0.1, 0.15) is 20.8 Å². The Hall–Kier alpha value is -2.82. The topological polar surface area (TPSA) is 71.3 Å². The molecule has 2 N–H and O–H groups in total. The smallest absolute Gasteiger partial charge is 0.335 e. The zero-order valence-corrected chi connectivity index (χ0v) is 10.6. The Morgan fingerprint density at radius 2 is 2.05 bits per heavy atom. The number of carbonyl (C=O) groups is 2. The second kappa shape index (κ2) is 4.09. The summed E-state index contributed by atoms with van der Waals surface area (Å²) in [5.41, 5.74) is 2.53. The largest absolute Gasteiger partial charge is 0.478 e. The molecule has 0 atom stereocenters. The molecule has 5 nitrogen and oxygen atoms in total. The van der Waals surface area contributed by atoms with Gasteiger partial charge < -0.3 is 15.0 Å². The van der Waals surface area contributed by atoms with Crippen molar-refractivity contribution in [2.45, 2.75) is 0 Å². The first-order valence-corrected chi connectivity index (χ1v) is 6.03. The van der Waals surface area contributed by atoms with Crippen molar-refractivity contribution in [3.63, 3.8) is 0 Å². The number of amides is 1. The summed E-state index contributed by atoms with van der Waals surface area (Å²) < 4.78 is 1.66. The van der Waals surface area contributed by atoms with Gasteiger partial charge in [-0.1, -0.05) is 19.2 Å². The molecule has 1 aromatic heterocycles. The summed E-state index contributed by atoms with van der Waals surface area (Å²) in [7, 11) is 0. The van der Waals surface area contributed by atoms with Crippen LogP contribution in [0, 0.1) is 0 Å². The molecule has 0 bridgehead atoms. The van der Waals surface area contributed by atoms with E-state index in [-0.39, 0.29) is 11.5 Å². The molecule has 1 aliphatic heterocycles. The molecule has 3 rings (SSSR count). The summed E-state index contributed by atoms with van der Waals surface area (Å²) >= 11 is 0. The van der Waals surface area contributed by atoms with Crippen LogP contribution in [-0.2, 0) is 0 Å². The van der Waals surface area contributed by atoms with Gasteiger partial charge in [0.15, 0.2) is 0 Å². The van der Waals surface area contributed by atoms with E-state index in [1.807, 2.05) is 0 Å². The molecule has 5 heteroatoms. The Morgan fingerprint density at radius 1 is 1.30 bits per heavy atom. The normalized spacial score (nSPS) is 14.9. The fraction of sp³-hybridized carbons (Fsp3) is 0.0667. The third-order valence-electron chi connectivity index (χ3n) is 3.42. The Morgan fingerprint density at radius 3 is 2.75 bits per heavy atom. The lowest BCUT2D eigenvalue weighted by atomic mass is 10.1. The second-order valence-electron chi connectivity index (χ2n) is 4.68. The van der Waals surface area contributed by atoms with Gasteiger partial charge in [-0.25, -0.2) is 4.79 Å². The molecule has 2 heterocycles. The van der Waals surface area contributed by atoms with Crippen LogP contribution in [0.5, 0.6) is 0 Å². The molecule has 0 radical (unpaired) electrons. The van der Waals surface area contributed by atoms with Crippen LogP contribution >= 0.6 is 0 Å². The molecule has 0 fully saturated rings. The number of carboxylic acid groups (broad SMARTS) is 1. The van der Waals surface area contributed by atoms with Crippen molar-refractivity contribution in [3.05, 3.63) is 54.3 Å². The Kier molecular flexibility index (Phi) is 2.50. The highest BCUT2D eigenvalue weighted by molar-refractivity contribution is 6.04. The fourth-order valence-electron chi connectivity index (χ4n) is 2.33. The molecular weight excluding hydrogens is 256 g/mol. The summed E-state index contributed by atoms with van der Waals surface area (Å²) in [6.07, 6.45) is 0. The van der Waals surface area contributed by atoms with Gasteiger partial charge in [-0.3, -0.25) is 4.79 Å². The number of aromatic carboxylic acids is 1. The van der Waals surface area contributed by atoms with Crippen LogP contribution in [0.15, 0.2) is 43.0 Å². The van der Waals surface area contributed by atoms with Gasteiger partial charge in [-0.15, -0.1) is 0 Å². The van der Waals surface area contributed by atoms with Crippen molar-refractivity contribution in [1.29, 1.82) is 0 Å². The Balaban J connectivity index is 2.36. The van der Waals surface area contributed by atoms with Crippen LogP contribution in [0.2, 0.25) is 0 Å². The van der Waals surface area contributed by atoms with Gasteiger partial charge in [-0.05, 0) is 23.8 Å². The molecule has 100 valence electrons. The highest BCUT2D eigenvalue weighted by Crippen LogP contribution is 2.28. The van der Waals surface area contributed by atoms with Crippen molar-refractivity contribution in [1.82, 2.24) is 9.88 Å². The highest BCUT2D eigenvalue weighted by atomic mass is 16.4. The molecule has 0 saturated carbocycles. The van der Waals surface area contributed by atoms with E-state index in [1.165, 1.54) is 12.1 Å². The predicted molar refractivity (Wildman–Crippen MR) is 75.7 cm³/mol. The Bertz CT molecular complexity index is 799. The van der Waals surface area contributed by atoms with Gasteiger partial charge in [0, 0.05) is 17.6 Å². The highest BCUT2D eigenvalue weighted by Gasteiger charge is 2.22. The van der Waals surface area contributed by atoms with E-state index < -0.39 is 5.97 Å². The van der Waals surface area contributed by atoms with Crippen LogP contribution in [0.25, 0.3) is 16.6 Å². The van der Waals surface area contributed by atoms with Gasteiger partial charge in [0.1, 0.15) is 5.69 Å². The molecule has 0 aliphatic carbocycles. The molecule has 1 aliphatic rings. The van der Waals surface area contributed by atoms with Crippen molar-refractivity contribution in [2.75, 3.05) is 6.54 Å². The molecule has 1 aromatic carbocycles. The van der Waals surface area contributed by atoms with Crippen molar-refractivity contribution < 1.29 is 14.7 Å². The van der Waals surface area contributed by atoms with E-state index >= 15 is 0 Å². The molecule has 2 aromatic rings. The minimum atomic E-state index is -1.01. The number of benzene rings is 1. The average Bonchev–Trinajstić information content (AvgIpc) is 2.77. The number of nitrogens with zero attached hydrogens (tertiary/aromatic N) is 1. The van der Waals surface area contributed by atoms with E-state index in [9.17, 15) is 9.59 Å². The second-order valence-corrected chi connectivity index (χ2v) is 4.68. The average molecular weight is 268 g/mol. The van der Waals surface area contributed by atoms with Gasteiger partial charge in [0.2, 0.25) is 0 Å². The van der Waals surface area contributed by atoms with E-state index in [0.29, 0.717) is 29.0 Å². The lowest BCUT2D eigenvalue weighted by Crippen LogP contribution is -2.23. The molecule has 0 unspecified atom stereocenters. The molecular formula is C15H12N2O3. The van der Waals surface area contributed by atoms with Crippen LogP contribution in [-0.4, -0.2) is 28.1 Å². The zero-order valence-electron chi connectivity index (χ0n) is 10.6. The predicted octanol–water partition coefficient (Wildman–Crippen LogP) is 2.11. The quantitative estimate of drug-likeness (QED) is 0.832. The lowest BCUT2D eigenvalue weighted by molar-refractivity contribution is 0.0696. The van der Waals surface area contributed by atoms with E-state index in [2.05, 4.69) is 18.5 Å². The number of carboxylic acids is 1. The lowest BCUT2D eigenvalue weighted by Gasteiger charge is -2.10. The van der Waals surface area contributed by atoms with Crippen molar-refractivity contribution in [2.24, 2.45) is 0 Å². The SMILES string of the molecule is C=C1CNC(=O)c2cc3ccc(C(=O)O)cc3n2C1=C. The van der Waals surface area contributed by atoms with Crippen LogP contribution in [0.3, 0.4) is 0 Å². The first kappa shape index (κ1) is 12.2. The third kappa shape index (κ3) is 1.64. The van der Waals surface area contributed by atoms with Crippen LogP contribution in [0.4, 0.5) is 0 Å². The zero-order chi connectivity index (χ0) is 14.4. The monoisotopic (exact) mass is 268 g/mol.